The third-order valence-electron chi connectivity index (χ3n) is 5.01. The van der Waals surface area contributed by atoms with E-state index in [0.717, 1.165) is 23.1 Å². The number of H-pyrrole nitrogens is 2. The van der Waals surface area contributed by atoms with Crippen LogP contribution in [0.15, 0.2) is 26.5 Å². The number of nitrogen functional groups attached to an aromatic ring is 1. The first-order valence-corrected chi connectivity index (χ1v) is 9.83. The minimum atomic E-state index is -0.805. The smallest absolute Gasteiger partial charge is 0.349 e. The second kappa shape index (κ2) is 7.62. The molecule has 0 saturated heterocycles. The van der Waals surface area contributed by atoms with Crippen LogP contribution in [0, 0.1) is 0 Å². The number of nitrogens with zero attached hydrogens (tertiary/aromatic N) is 3. The summed E-state index contributed by atoms with van der Waals surface area (Å²) in [7, 11) is 0. The second-order valence-electron chi connectivity index (χ2n) is 6.79. The fourth-order valence-electron chi connectivity index (χ4n) is 3.56. The van der Waals surface area contributed by atoms with Gasteiger partial charge in [-0.15, -0.1) is 10.2 Å². The zero-order valence-corrected chi connectivity index (χ0v) is 17.2. The highest BCUT2D eigenvalue weighted by Gasteiger charge is 2.29. The number of rotatable bonds is 4. The molecule has 0 saturated carbocycles. The van der Waals surface area contributed by atoms with E-state index in [4.69, 9.17) is 33.7 Å². The standard InChI is InChI=1S/C18H16Cl2N6O4/c1-2-7-3-4-9-12(7)15(27)23-24-17(9)30-13-10(19)5-8(6-11(13)20)26-18(29)22-16(28)14(21)25-26/h5-7H,2-4H2,1H3,(H2,21,25)(H,23,27)(H,22,28,29). The van der Waals surface area contributed by atoms with Crippen molar-refractivity contribution in [1.29, 1.82) is 0 Å². The second-order valence-corrected chi connectivity index (χ2v) is 7.61. The van der Waals surface area contributed by atoms with Gasteiger partial charge in [-0.05, 0) is 37.3 Å². The summed E-state index contributed by atoms with van der Waals surface area (Å²) in [6.07, 6.45) is 2.32. The predicted molar refractivity (Wildman–Crippen MR) is 111 cm³/mol. The Morgan fingerprint density at radius 2 is 1.93 bits per heavy atom. The Labute approximate surface area is 178 Å². The molecule has 0 amide bonds. The number of hydrogen-bond donors (Lipinski definition) is 3. The molecule has 156 valence electrons. The maximum absolute atomic E-state index is 12.2. The molecule has 0 aliphatic heterocycles. The largest absolute Gasteiger partial charge is 0.434 e. The molecular weight excluding hydrogens is 435 g/mol. The number of anilines is 1. The highest BCUT2D eigenvalue weighted by Crippen LogP contribution is 2.41. The lowest BCUT2D eigenvalue weighted by Gasteiger charge is -2.13. The molecule has 2 aromatic heterocycles. The Bertz CT molecular complexity index is 1310. The number of nitrogens with two attached hydrogens (primary N) is 1. The number of nitrogens with one attached hydrogen (secondary N) is 2. The summed E-state index contributed by atoms with van der Waals surface area (Å²) in [5, 5.41) is 10.4. The van der Waals surface area contributed by atoms with Crippen LogP contribution in [0.3, 0.4) is 0 Å². The highest BCUT2D eigenvalue weighted by molar-refractivity contribution is 6.37. The van der Waals surface area contributed by atoms with Gasteiger partial charge in [0.15, 0.2) is 5.75 Å². The Morgan fingerprint density at radius 1 is 1.23 bits per heavy atom. The molecule has 2 heterocycles. The van der Waals surface area contributed by atoms with Gasteiger partial charge in [0.05, 0.1) is 15.7 Å². The van der Waals surface area contributed by atoms with Crippen LogP contribution in [0.25, 0.3) is 5.69 Å². The van der Waals surface area contributed by atoms with E-state index >= 15 is 0 Å². The van der Waals surface area contributed by atoms with Gasteiger partial charge in [-0.3, -0.25) is 14.6 Å². The summed E-state index contributed by atoms with van der Waals surface area (Å²) in [6.45, 7) is 2.02. The first-order chi connectivity index (χ1) is 14.3. The predicted octanol–water partition coefficient (Wildman–Crippen LogP) is 2.13. The van der Waals surface area contributed by atoms with E-state index in [-0.39, 0.29) is 44.7 Å². The molecule has 1 aromatic carbocycles. The molecule has 0 bridgehead atoms. The van der Waals surface area contributed by atoms with Crippen LogP contribution >= 0.6 is 23.2 Å². The Morgan fingerprint density at radius 3 is 2.60 bits per heavy atom. The van der Waals surface area contributed by atoms with Crippen LogP contribution < -0.4 is 27.3 Å². The number of aromatic amines is 2. The molecule has 0 spiro atoms. The van der Waals surface area contributed by atoms with Crippen molar-refractivity contribution >= 4 is 29.0 Å². The van der Waals surface area contributed by atoms with Crippen molar-refractivity contribution in [3.05, 3.63) is 64.5 Å². The Kier molecular flexibility index (Phi) is 5.12. The zero-order chi connectivity index (χ0) is 21.6. The van der Waals surface area contributed by atoms with Crippen molar-refractivity contribution in [2.75, 3.05) is 5.73 Å². The fraction of sp³-hybridized carbons (Fsp3) is 0.278. The average molecular weight is 451 g/mol. The molecule has 0 radical (unpaired) electrons. The van der Waals surface area contributed by atoms with Gasteiger partial charge in [-0.25, -0.2) is 9.89 Å². The Balaban J connectivity index is 1.76. The van der Waals surface area contributed by atoms with Gasteiger partial charge >= 0.3 is 5.69 Å². The first-order valence-electron chi connectivity index (χ1n) is 9.08. The highest BCUT2D eigenvalue weighted by atomic mass is 35.5. The van der Waals surface area contributed by atoms with E-state index in [0.29, 0.717) is 12.0 Å². The van der Waals surface area contributed by atoms with Crippen molar-refractivity contribution in [2.24, 2.45) is 0 Å². The number of aromatic nitrogens is 5. The first kappa shape index (κ1) is 20.2. The maximum Gasteiger partial charge on any atom is 0.349 e. The zero-order valence-electron chi connectivity index (χ0n) is 15.7. The van der Waals surface area contributed by atoms with E-state index in [2.05, 4.69) is 15.3 Å². The van der Waals surface area contributed by atoms with Crippen LogP contribution in [-0.2, 0) is 6.42 Å². The Hall–Kier alpha value is -3.11. The van der Waals surface area contributed by atoms with E-state index in [1.54, 1.807) is 0 Å². The summed E-state index contributed by atoms with van der Waals surface area (Å²) >= 11 is 12.7. The van der Waals surface area contributed by atoms with Crippen LogP contribution in [0.2, 0.25) is 10.0 Å². The summed E-state index contributed by atoms with van der Waals surface area (Å²) in [4.78, 5) is 37.7. The van der Waals surface area contributed by atoms with Crippen molar-refractivity contribution in [2.45, 2.75) is 32.1 Å². The normalized spacial score (nSPS) is 15.2. The van der Waals surface area contributed by atoms with E-state index in [9.17, 15) is 14.4 Å². The van der Waals surface area contributed by atoms with Gasteiger partial charge in [0.1, 0.15) is 0 Å². The number of benzene rings is 1. The van der Waals surface area contributed by atoms with Gasteiger partial charge in [-0.2, -0.15) is 4.68 Å². The maximum atomic E-state index is 12.2. The fourth-order valence-corrected chi connectivity index (χ4v) is 4.11. The van der Waals surface area contributed by atoms with Gasteiger partial charge in [0.25, 0.3) is 11.1 Å². The van der Waals surface area contributed by atoms with Crippen LogP contribution in [0.5, 0.6) is 11.6 Å². The van der Waals surface area contributed by atoms with Crippen LogP contribution in [-0.4, -0.2) is 25.0 Å². The SMILES string of the molecule is CCC1CCc2c(Oc3c(Cl)cc(-n4nc(N)c(=O)[nH]c4=O)cc3Cl)n[nH]c(=O)c21. The molecule has 12 heteroatoms. The van der Waals surface area contributed by atoms with Gasteiger partial charge in [-0.1, -0.05) is 30.1 Å². The third-order valence-corrected chi connectivity index (χ3v) is 5.57. The summed E-state index contributed by atoms with van der Waals surface area (Å²) in [6, 6.07) is 2.77. The quantitative estimate of drug-likeness (QED) is 0.550. The molecule has 10 nitrogen and oxygen atoms in total. The number of ether oxygens (including phenoxy) is 1. The van der Waals surface area contributed by atoms with E-state index in [1.807, 2.05) is 11.9 Å². The van der Waals surface area contributed by atoms with Crippen molar-refractivity contribution in [3.63, 3.8) is 0 Å². The molecule has 0 fully saturated rings. The molecular formula is C18H16Cl2N6O4. The minimum absolute atomic E-state index is 0.0720. The lowest BCUT2D eigenvalue weighted by molar-refractivity contribution is 0.448. The number of fused-ring (bicyclic) bond motifs is 1. The van der Waals surface area contributed by atoms with Crippen molar-refractivity contribution in [3.8, 4) is 17.3 Å². The molecule has 1 aliphatic rings. The third kappa shape index (κ3) is 3.37. The summed E-state index contributed by atoms with van der Waals surface area (Å²) < 4.78 is 6.72. The molecule has 4 rings (SSSR count). The molecule has 4 N–H and O–H groups in total. The van der Waals surface area contributed by atoms with Crippen LogP contribution in [0.1, 0.15) is 36.8 Å². The van der Waals surface area contributed by atoms with Crippen molar-refractivity contribution in [1.82, 2.24) is 25.0 Å². The molecule has 1 aliphatic carbocycles. The van der Waals surface area contributed by atoms with Gasteiger partial charge < -0.3 is 10.5 Å². The monoisotopic (exact) mass is 450 g/mol. The molecule has 3 aromatic rings. The summed E-state index contributed by atoms with van der Waals surface area (Å²) in [5.74, 6) is 0.0848. The summed E-state index contributed by atoms with van der Waals surface area (Å²) in [5.41, 5.74) is 5.23. The molecule has 1 unspecified atom stereocenters. The minimum Gasteiger partial charge on any atom is -0.434 e. The lowest BCUT2D eigenvalue weighted by atomic mass is 10.0. The molecule has 30 heavy (non-hydrogen) atoms. The molecule has 1 atom stereocenters. The number of hydrogen-bond acceptors (Lipinski definition) is 7. The van der Waals surface area contributed by atoms with Crippen LogP contribution in [0.4, 0.5) is 5.82 Å². The average Bonchev–Trinajstić information content (AvgIpc) is 3.14. The lowest BCUT2D eigenvalue weighted by Crippen LogP contribution is -2.33. The van der Waals surface area contributed by atoms with E-state index < -0.39 is 11.2 Å². The van der Waals surface area contributed by atoms with Crippen molar-refractivity contribution < 1.29 is 4.74 Å². The van der Waals surface area contributed by atoms with Gasteiger partial charge in [0.2, 0.25) is 11.7 Å². The van der Waals surface area contributed by atoms with Gasteiger partial charge in [0, 0.05) is 11.1 Å². The van der Waals surface area contributed by atoms with E-state index in [1.165, 1.54) is 12.1 Å². The topological polar surface area (TPSA) is 149 Å². The number of halogens is 2.